The molecule has 0 unspecified atom stereocenters. The van der Waals surface area contributed by atoms with Gasteiger partial charge in [-0.1, -0.05) is 0 Å². The van der Waals surface area contributed by atoms with Gasteiger partial charge in [0.25, 0.3) is 0 Å². The molecular formula is C17H25N7. The van der Waals surface area contributed by atoms with Crippen molar-refractivity contribution in [2.24, 2.45) is 5.73 Å². The van der Waals surface area contributed by atoms with Crippen LogP contribution in [-0.2, 0) is 0 Å². The predicted molar refractivity (Wildman–Crippen MR) is 94.6 cm³/mol. The number of H-pyrrole nitrogens is 1. The van der Waals surface area contributed by atoms with E-state index in [-0.39, 0.29) is 0 Å². The first-order valence-electron chi connectivity index (χ1n) is 8.85. The highest BCUT2D eigenvalue weighted by Crippen LogP contribution is 2.40. The molecule has 5 N–H and O–H groups in total. The van der Waals surface area contributed by atoms with E-state index in [1.165, 1.54) is 18.5 Å². The molecule has 0 aliphatic heterocycles. The first-order chi connectivity index (χ1) is 11.7. The van der Waals surface area contributed by atoms with Gasteiger partial charge in [-0.3, -0.25) is 5.10 Å². The Hall–Kier alpha value is -2.15. The summed E-state index contributed by atoms with van der Waals surface area (Å²) in [6.45, 7) is 0. The van der Waals surface area contributed by atoms with Gasteiger partial charge in [-0.15, -0.1) is 0 Å². The Morgan fingerprint density at radius 3 is 2.58 bits per heavy atom. The number of nitrogens with two attached hydrogens (primary N) is 1. The molecule has 24 heavy (non-hydrogen) atoms. The first-order valence-corrected chi connectivity index (χ1v) is 8.85. The highest BCUT2D eigenvalue weighted by molar-refractivity contribution is 5.58. The molecule has 0 spiro atoms. The van der Waals surface area contributed by atoms with Crippen LogP contribution in [0.3, 0.4) is 0 Å². The highest BCUT2D eigenvalue weighted by Gasteiger charge is 2.27. The van der Waals surface area contributed by atoms with Crippen molar-refractivity contribution in [2.75, 3.05) is 17.7 Å². The third-order valence-corrected chi connectivity index (χ3v) is 5.11. The van der Waals surface area contributed by atoms with E-state index in [1.54, 1.807) is 0 Å². The van der Waals surface area contributed by atoms with Gasteiger partial charge >= 0.3 is 0 Å². The van der Waals surface area contributed by atoms with Crippen molar-refractivity contribution in [1.29, 1.82) is 0 Å². The average molecular weight is 327 g/mol. The molecule has 0 aromatic carbocycles. The lowest BCUT2D eigenvalue weighted by Gasteiger charge is -2.27. The molecule has 2 fully saturated rings. The molecule has 2 aliphatic rings. The molecule has 128 valence electrons. The summed E-state index contributed by atoms with van der Waals surface area (Å²) in [4.78, 5) is 9.05. The van der Waals surface area contributed by atoms with Crippen LogP contribution in [0.15, 0.2) is 12.3 Å². The monoisotopic (exact) mass is 327 g/mol. The zero-order valence-corrected chi connectivity index (χ0v) is 14.0. The van der Waals surface area contributed by atoms with Gasteiger partial charge in [-0.25, -0.2) is 4.98 Å². The van der Waals surface area contributed by atoms with E-state index < -0.39 is 0 Å². The Morgan fingerprint density at radius 2 is 1.88 bits per heavy atom. The standard InChI is InChI=1S/C17H25N7/c1-19-17-20-9-13(10-4-6-12(18)7-5-10)16(22-17)21-15-8-14(23-24-15)11-2-3-11/h8-12H,2-7,18H2,1H3,(H3,19,20,21,22,23,24). The number of hydrogen-bond donors (Lipinski definition) is 4. The second kappa shape index (κ2) is 6.39. The van der Waals surface area contributed by atoms with E-state index in [0.717, 1.165) is 42.9 Å². The van der Waals surface area contributed by atoms with Gasteiger partial charge in [-0.2, -0.15) is 10.1 Å². The van der Waals surface area contributed by atoms with Crippen LogP contribution >= 0.6 is 0 Å². The van der Waals surface area contributed by atoms with Crippen molar-refractivity contribution < 1.29 is 0 Å². The number of hydrogen-bond acceptors (Lipinski definition) is 6. The van der Waals surface area contributed by atoms with Crippen LogP contribution in [0.2, 0.25) is 0 Å². The van der Waals surface area contributed by atoms with E-state index in [4.69, 9.17) is 5.73 Å². The molecule has 0 radical (unpaired) electrons. The number of nitrogens with one attached hydrogen (secondary N) is 3. The minimum atomic E-state index is 0.336. The number of anilines is 3. The van der Waals surface area contributed by atoms with Crippen LogP contribution in [-0.4, -0.2) is 33.3 Å². The van der Waals surface area contributed by atoms with Gasteiger partial charge < -0.3 is 16.4 Å². The smallest absolute Gasteiger partial charge is 0.224 e. The summed E-state index contributed by atoms with van der Waals surface area (Å²) in [6.07, 6.45) is 8.76. The summed E-state index contributed by atoms with van der Waals surface area (Å²) in [5.74, 6) is 3.41. The van der Waals surface area contributed by atoms with Crippen molar-refractivity contribution in [3.63, 3.8) is 0 Å². The number of aromatic nitrogens is 4. The topological polar surface area (TPSA) is 105 Å². The van der Waals surface area contributed by atoms with E-state index in [1.807, 2.05) is 13.2 Å². The second-order valence-electron chi connectivity index (χ2n) is 6.97. The Kier molecular flexibility index (Phi) is 4.10. The SMILES string of the molecule is CNc1ncc(C2CCC(N)CC2)c(Nc2cc(C3CC3)[nH]n2)n1. The molecule has 2 saturated carbocycles. The van der Waals surface area contributed by atoms with Gasteiger partial charge in [-0.05, 0) is 44.4 Å². The molecule has 4 rings (SSSR count). The molecule has 2 aromatic rings. The van der Waals surface area contributed by atoms with Crippen LogP contribution in [0.25, 0.3) is 0 Å². The first kappa shape index (κ1) is 15.4. The van der Waals surface area contributed by atoms with Crippen LogP contribution < -0.4 is 16.4 Å². The van der Waals surface area contributed by atoms with E-state index in [2.05, 4.69) is 36.9 Å². The number of nitrogens with zero attached hydrogens (tertiary/aromatic N) is 3. The summed E-state index contributed by atoms with van der Waals surface area (Å²) >= 11 is 0. The lowest BCUT2D eigenvalue weighted by atomic mass is 9.82. The lowest BCUT2D eigenvalue weighted by Crippen LogP contribution is -2.26. The lowest BCUT2D eigenvalue weighted by molar-refractivity contribution is 0.395. The van der Waals surface area contributed by atoms with Crippen molar-refractivity contribution in [2.45, 2.75) is 56.4 Å². The largest absolute Gasteiger partial charge is 0.357 e. The Morgan fingerprint density at radius 1 is 1.12 bits per heavy atom. The maximum Gasteiger partial charge on any atom is 0.224 e. The molecule has 7 heteroatoms. The summed E-state index contributed by atoms with van der Waals surface area (Å²) in [5.41, 5.74) is 8.43. The Bertz CT molecular complexity index is 699. The van der Waals surface area contributed by atoms with Gasteiger partial charge in [0.2, 0.25) is 5.95 Å². The quantitative estimate of drug-likeness (QED) is 0.673. The Labute approximate surface area is 141 Å². The molecular weight excluding hydrogens is 302 g/mol. The van der Waals surface area contributed by atoms with Crippen molar-refractivity contribution in [1.82, 2.24) is 20.2 Å². The van der Waals surface area contributed by atoms with E-state index >= 15 is 0 Å². The second-order valence-corrected chi connectivity index (χ2v) is 6.97. The minimum absolute atomic E-state index is 0.336. The molecule has 2 aromatic heterocycles. The maximum absolute atomic E-state index is 6.05. The zero-order valence-electron chi connectivity index (χ0n) is 14.0. The van der Waals surface area contributed by atoms with E-state index in [9.17, 15) is 0 Å². The molecule has 0 atom stereocenters. The normalized spacial score (nSPS) is 23.9. The summed E-state index contributed by atoms with van der Waals surface area (Å²) in [5, 5.41) is 13.9. The predicted octanol–water partition coefficient (Wildman–Crippen LogP) is 2.85. The van der Waals surface area contributed by atoms with Gasteiger partial charge in [0, 0.05) is 42.5 Å². The molecule has 2 aliphatic carbocycles. The van der Waals surface area contributed by atoms with Gasteiger partial charge in [0.15, 0.2) is 5.82 Å². The maximum atomic E-state index is 6.05. The number of aromatic amines is 1. The van der Waals surface area contributed by atoms with Crippen LogP contribution in [0, 0.1) is 0 Å². The minimum Gasteiger partial charge on any atom is -0.357 e. The third kappa shape index (κ3) is 3.21. The Balaban J connectivity index is 1.58. The summed E-state index contributed by atoms with van der Waals surface area (Å²) in [7, 11) is 1.83. The van der Waals surface area contributed by atoms with Gasteiger partial charge in [0.05, 0.1) is 0 Å². The molecule has 7 nitrogen and oxygen atoms in total. The highest BCUT2D eigenvalue weighted by atomic mass is 15.2. The van der Waals surface area contributed by atoms with Crippen LogP contribution in [0.5, 0.6) is 0 Å². The zero-order chi connectivity index (χ0) is 16.5. The van der Waals surface area contributed by atoms with Crippen molar-refractivity contribution >= 4 is 17.6 Å². The molecule has 2 heterocycles. The summed E-state index contributed by atoms with van der Waals surface area (Å²) in [6, 6.07) is 2.43. The fourth-order valence-electron chi connectivity index (χ4n) is 3.47. The fraction of sp³-hybridized carbons (Fsp3) is 0.588. The molecule has 0 bridgehead atoms. The van der Waals surface area contributed by atoms with Gasteiger partial charge in [0.1, 0.15) is 5.82 Å². The van der Waals surface area contributed by atoms with Crippen LogP contribution in [0.1, 0.15) is 61.6 Å². The molecule has 0 amide bonds. The van der Waals surface area contributed by atoms with Crippen molar-refractivity contribution in [3.8, 4) is 0 Å². The molecule has 0 saturated heterocycles. The van der Waals surface area contributed by atoms with Crippen LogP contribution in [0.4, 0.5) is 17.6 Å². The fourth-order valence-corrected chi connectivity index (χ4v) is 3.47. The van der Waals surface area contributed by atoms with Crippen molar-refractivity contribution in [3.05, 3.63) is 23.5 Å². The summed E-state index contributed by atoms with van der Waals surface area (Å²) < 4.78 is 0. The number of rotatable bonds is 5. The van der Waals surface area contributed by atoms with E-state index in [0.29, 0.717) is 23.8 Å². The average Bonchev–Trinajstić information content (AvgIpc) is 3.35. The third-order valence-electron chi connectivity index (χ3n) is 5.11.